The fraction of sp³-hybridized carbons (Fsp3) is 0.400. The SMILES string of the molecule is CSc1cc(C(C(=O)NC2CCCCC2)c2cccs2)ccc1C(N)=O. The molecule has 138 valence electrons. The highest BCUT2D eigenvalue weighted by Gasteiger charge is 2.27. The molecular weight excluding hydrogens is 364 g/mol. The number of nitrogens with two attached hydrogens (primary N) is 1. The highest BCUT2D eigenvalue weighted by Crippen LogP contribution is 2.33. The number of primary amides is 1. The van der Waals surface area contributed by atoms with Crippen LogP contribution in [0.15, 0.2) is 40.6 Å². The molecule has 1 aliphatic rings. The summed E-state index contributed by atoms with van der Waals surface area (Å²) >= 11 is 3.05. The Bertz CT molecular complexity index is 768. The fourth-order valence-corrected chi connectivity index (χ4v) is 5.02. The molecule has 1 aliphatic carbocycles. The van der Waals surface area contributed by atoms with Gasteiger partial charge in [-0.15, -0.1) is 23.1 Å². The van der Waals surface area contributed by atoms with Crippen molar-refractivity contribution in [1.82, 2.24) is 5.32 Å². The zero-order valence-corrected chi connectivity index (χ0v) is 16.5. The van der Waals surface area contributed by atoms with Gasteiger partial charge in [0, 0.05) is 15.8 Å². The van der Waals surface area contributed by atoms with Gasteiger partial charge in [0.25, 0.3) is 0 Å². The molecule has 1 aromatic carbocycles. The number of amides is 2. The van der Waals surface area contributed by atoms with Crippen molar-refractivity contribution in [2.24, 2.45) is 5.73 Å². The summed E-state index contributed by atoms with van der Waals surface area (Å²) in [4.78, 5) is 26.6. The molecule has 3 N–H and O–H groups in total. The molecule has 0 spiro atoms. The zero-order chi connectivity index (χ0) is 18.5. The van der Waals surface area contributed by atoms with Crippen molar-refractivity contribution < 1.29 is 9.59 Å². The number of carbonyl (C=O) groups excluding carboxylic acids is 2. The lowest BCUT2D eigenvalue weighted by Crippen LogP contribution is -2.39. The van der Waals surface area contributed by atoms with Gasteiger partial charge in [-0.3, -0.25) is 9.59 Å². The van der Waals surface area contributed by atoms with Gasteiger partial charge >= 0.3 is 0 Å². The Morgan fingerprint density at radius 2 is 2.00 bits per heavy atom. The molecule has 0 aliphatic heterocycles. The molecule has 1 unspecified atom stereocenters. The first kappa shape index (κ1) is 19.0. The quantitative estimate of drug-likeness (QED) is 0.730. The number of rotatable bonds is 6. The molecule has 0 radical (unpaired) electrons. The van der Waals surface area contributed by atoms with E-state index in [9.17, 15) is 9.59 Å². The van der Waals surface area contributed by atoms with E-state index in [0.29, 0.717) is 5.56 Å². The van der Waals surface area contributed by atoms with Gasteiger partial charge < -0.3 is 11.1 Å². The van der Waals surface area contributed by atoms with Gasteiger partial charge in [-0.2, -0.15) is 0 Å². The number of benzene rings is 1. The molecule has 0 bridgehead atoms. The van der Waals surface area contributed by atoms with E-state index >= 15 is 0 Å². The molecule has 1 atom stereocenters. The van der Waals surface area contributed by atoms with E-state index in [1.54, 1.807) is 17.4 Å². The average molecular weight is 389 g/mol. The highest BCUT2D eigenvalue weighted by molar-refractivity contribution is 7.98. The normalized spacial score (nSPS) is 16.2. The van der Waals surface area contributed by atoms with Gasteiger partial charge in [0.1, 0.15) is 0 Å². The lowest BCUT2D eigenvalue weighted by Gasteiger charge is -2.25. The standard InChI is InChI=1S/C20H24N2O2S2/c1-25-17-12-13(9-10-15(17)19(21)23)18(16-8-5-11-26-16)20(24)22-14-6-3-2-4-7-14/h5,8-12,14,18H,2-4,6-7H2,1H3,(H2,21,23)(H,22,24). The Morgan fingerprint density at radius 3 is 2.62 bits per heavy atom. The van der Waals surface area contributed by atoms with Crippen molar-refractivity contribution >= 4 is 34.9 Å². The van der Waals surface area contributed by atoms with Gasteiger partial charge in [-0.05, 0) is 48.2 Å². The summed E-state index contributed by atoms with van der Waals surface area (Å²) in [5.74, 6) is -0.761. The maximum Gasteiger partial charge on any atom is 0.249 e. The van der Waals surface area contributed by atoms with Crippen molar-refractivity contribution in [1.29, 1.82) is 0 Å². The van der Waals surface area contributed by atoms with Crippen LogP contribution in [0.4, 0.5) is 0 Å². The third-order valence-electron chi connectivity index (χ3n) is 4.87. The number of hydrogen-bond donors (Lipinski definition) is 2. The molecular formula is C20H24N2O2S2. The third-order valence-corrected chi connectivity index (χ3v) is 6.58. The first-order valence-corrected chi connectivity index (χ1v) is 11.0. The second-order valence-electron chi connectivity index (χ2n) is 6.62. The minimum atomic E-state index is -0.444. The van der Waals surface area contributed by atoms with Crippen molar-refractivity contribution in [3.05, 3.63) is 51.7 Å². The van der Waals surface area contributed by atoms with Crippen LogP contribution >= 0.6 is 23.1 Å². The fourth-order valence-electron chi connectivity index (χ4n) is 3.52. The van der Waals surface area contributed by atoms with E-state index in [-0.39, 0.29) is 17.9 Å². The molecule has 4 nitrogen and oxygen atoms in total. The number of hydrogen-bond acceptors (Lipinski definition) is 4. The predicted octanol–water partition coefficient (Wildman–Crippen LogP) is 4.15. The smallest absolute Gasteiger partial charge is 0.249 e. The Balaban J connectivity index is 1.91. The largest absolute Gasteiger partial charge is 0.366 e. The summed E-state index contributed by atoms with van der Waals surface area (Å²) < 4.78 is 0. The highest BCUT2D eigenvalue weighted by atomic mass is 32.2. The lowest BCUT2D eigenvalue weighted by atomic mass is 9.92. The Hall–Kier alpha value is -1.79. The molecule has 1 saturated carbocycles. The van der Waals surface area contributed by atoms with Crippen molar-refractivity contribution in [2.75, 3.05) is 6.26 Å². The Morgan fingerprint density at radius 1 is 1.23 bits per heavy atom. The molecule has 26 heavy (non-hydrogen) atoms. The second-order valence-corrected chi connectivity index (χ2v) is 8.44. The molecule has 1 fully saturated rings. The van der Waals surface area contributed by atoms with E-state index < -0.39 is 5.91 Å². The summed E-state index contributed by atoms with van der Waals surface area (Å²) in [5, 5.41) is 5.24. The lowest BCUT2D eigenvalue weighted by molar-refractivity contribution is -0.122. The minimum absolute atomic E-state index is 0.0400. The maximum absolute atomic E-state index is 13.1. The van der Waals surface area contributed by atoms with Gasteiger partial charge in [0.05, 0.1) is 11.5 Å². The third kappa shape index (κ3) is 4.30. The molecule has 0 saturated heterocycles. The molecule has 2 aromatic rings. The Kier molecular flexibility index (Phi) is 6.38. The molecule has 3 rings (SSSR count). The van der Waals surface area contributed by atoms with Gasteiger partial charge in [-0.1, -0.05) is 31.4 Å². The van der Waals surface area contributed by atoms with Crippen molar-refractivity contribution in [3.8, 4) is 0 Å². The van der Waals surface area contributed by atoms with Crippen molar-refractivity contribution in [3.63, 3.8) is 0 Å². The van der Waals surface area contributed by atoms with Crippen LogP contribution in [0.25, 0.3) is 0 Å². The van der Waals surface area contributed by atoms with E-state index in [4.69, 9.17) is 5.73 Å². The number of thioether (sulfide) groups is 1. The van der Waals surface area contributed by atoms with E-state index in [1.807, 2.05) is 35.9 Å². The molecule has 6 heteroatoms. The van der Waals surface area contributed by atoms with E-state index in [2.05, 4.69) is 5.32 Å². The topological polar surface area (TPSA) is 72.2 Å². The van der Waals surface area contributed by atoms with Crippen LogP contribution in [-0.2, 0) is 4.79 Å². The first-order chi connectivity index (χ1) is 12.6. The average Bonchev–Trinajstić information content (AvgIpc) is 3.16. The van der Waals surface area contributed by atoms with Crippen LogP contribution < -0.4 is 11.1 Å². The van der Waals surface area contributed by atoms with Crippen LogP contribution in [0.3, 0.4) is 0 Å². The molecule has 2 amide bonds. The van der Waals surface area contributed by atoms with Crippen LogP contribution in [0.1, 0.15) is 58.8 Å². The monoisotopic (exact) mass is 388 g/mol. The van der Waals surface area contributed by atoms with Gasteiger partial charge in [0.15, 0.2) is 0 Å². The van der Waals surface area contributed by atoms with Crippen LogP contribution in [0, 0.1) is 0 Å². The van der Waals surface area contributed by atoms with Crippen LogP contribution in [0.2, 0.25) is 0 Å². The minimum Gasteiger partial charge on any atom is -0.366 e. The number of thiophene rings is 1. The van der Waals surface area contributed by atoms with E-state index in [1.165, 1.54) is 31.0 Å². The summed E-state index contributed by atoms with van der Waals surface area (Å²) in [7, 11) is 0. The zero-order valence-electron chi connectivity index (χ0n) is 14.9. The van der Waals surface area contributed by atoms with Gasteiger partial charge in [0.2, 0.25) is 11.8 Å². The predicted molar refractivity (Wildman–Crippen MR) is 108 cm³/mol. The van der Waals surface area contributed by atoms with E-state index in [0.717, 1.165) is 28.2 Å². The maximum atomic E-state index is 13.1. The second kappa shape index (κ2) is 8.73. The molecule has 1 heterocycles. The summed E-state index contributed by atoms with van der Waals surface area (Å²) in [6.07, 6.45) is 7.64. The molecule has 1 aromatic heterocycles. The summed E-state index contributed by atoms with van der Waals surface area (Å²) in [6.45, 7) is 0. The van der Waals surface area contributed by atoms with Crippen molar-refractivity contribution in [2.45, 2.75) is 49.0 Å². The number of nitrogens with one attached hydrogen (secondary N) is 1. The van der Waals surface area contributed by atoms with Crippen LogP contribution in [-0.4, -0.2) is 24.1 Å². The number of carbonyl (C=O) groups is 2. The Labute approximate surface area is 162 Å². The summed E-state index contributed by atoms with van der Waals surface area (Å²) in [6, 6.07) is 9.74. The first-order valence-electron chi connectivity index (χ1n) is 8.91. The summed E-state index contributed by atoms with van der Waals surface area (Å²) in [5.41, 5.74) is 6.86. The van der Waals surface area contributed by atoms with Gasteiger partial charge in [-0.25, -0.2) is 0 Å². The van der Waals surface area contributed by atoms with Crippen LogP contribution in [0.5, 0.6) is 0 Å².